The summed E-state index contributed by atoms with van der Waals surface area (Å²) in [6.07, 6.45) is 3.65. The SMILES string of the molecule is CSCCC(N)c1nc(C(=O)NCCc2cccc(Cl)c2)cs1. The Labute approximate surface area is 149 Å². The van der Waals surface area contributed by atoms with Gasteiger partial charge < -0.3 is 11.1 Å². The van der Waals surface area contributed by atoms with E-state index in [1.54, 1.807) is 17.1 Å². The lowest BCUT2D eigenvalue weighted by Gasteiger charge is -2.06. The van der Waals surface area contributed by atoms with E-state index >= 15 is 0 Å². The number of nitrogens with two attached hydrogens (primary N) is 1. The lowest BCUT2D eigenvalue weighted by molar-refractivity contribution is 0.0949. The molecule has 0 aliphatic rings. The Bertz CT molecular complexity index is 648. The van der Waals surface area contributed by atoms with Crippen LogP contribution in [0.25, 0.3) is 0 Å². The summed E-state index contributed by atoms with van der Waals surface area (Å²) in [6.45, 7) is 0.546. The van der Waals surface area contributed by atoms with Crippen LogP contribution in [-0.4, -0.2) is 29.4 Å². The van der Waals surface area contributed by atoms with Gasteiger partial charge in [0.2, 0.25) is 0 Å². The van der Waals surface area contributed by atoms with Gasteiger partial charge in [-0.25, -0.2) is 4.98 Å². The minimum absolute atomic E-state index is 0.0968. The summed E-state index contributed by atoms with van der Waals surface area (Å²) in [5, 5.41) is 6.17. The zero-order valence-electron chi connectivity index (χ0n) is 12.9. The fourth-order valence-electron chi connectivity index (χ4n) is 2.03. The molecule has 0 bridgehead atoms. The summed E-state index contributed by atoms with van der Waals surface area (Å²) in [4.78, 5) is 16.5. The molecule has 0 saturated carbocycles. The van der Waals surface area contributed by atoms with E-state index in [1.165, 1.54) is 11.3 Å². The summed E-state index contributed by atoms with van der Waals surface area (Å²) in [5.74, 6) is 0.827. The average molecular weight is 370 g/mol. The van der Waals surface area contributed by atoms with Gasteiger partial charge in [0.05, 0.1) is 6.04 Å². The van der Waals surface area contributed by atoms with Crippen LogP contribution in [0, 0.1) is 0 Å². The second-order valence-electron chi connectivity index (χ2n) is 5.09. The minimum Gasteiger partial charge on any atom is -0.350 e. The molecule has 1 aromatic carbocycles. The van der Waals surface area contributed by atoms with Gasteiger partial charge in [0.1, 0.15) is 10.7 Å². The van der Waals surface area contributed by atoms with Crippen molar-refractivity contribution in [3.8, 4) is 0 Å². The highest BCUT2D eigenvalue weighted by atomic mass is 35.5. The van der Waals surface area contributed by atoms with Crippen LogP contribution in [-0.2, 0) is 6.42 Å². The molecule has 1 heterocycles. The lowest BCUT2D eigenvalue weighted by Crippen LogP contribution is -2.26. The van der Waals surface area contributed by atoms with E-state index in [0.717, 1.165) is 29.2 Å². The smallest absolute Gasteiger partial charge is 0.270 e. The van der Waals surface area contributed by atoms with Crippen molar-refractivity contribution in [2.45, 2.75) is 18.9 Å². The summed E-state index contributed by atoms with van der Waals surface area (Å²) < 4.78 is 0. The van der Waals surface area contributed by atoms with Crippen LogP contribution in [0.1, 0.15) is 33.5 Å². The fourth-order valence-corrected chi connectivity index (χ4v) is 3.57. The van der Waals surface area contributed by atoms with Crippen LogP contribution in [0.5, 0.6) is 0 Å². The molecule has 0 spiro atoms. The summed E-state index contributed by atoms with van der Waals surface area (Å²) in [7, 11) is 0. The molecule has 0 aliphatic heterocycles. The number of carbonyl (C=O) groups is 1. The Morgan fingerprint density at radius 3 is 3.09 bits per heavy atom. The number of amides is 1. The fraction of sp³-hybridized carbons (Fsp3) is 0.375. The molecule has 0 fully saturated rings. The highest BCUT2D eigenvalue weighted by Crippen LogP contribution is 2.20. The van der Waals surface area contributed by atoms with Gasteiger partial charge in [-0.05, 0) is 42.5 Å². The summed E-state index contributed by atoms with van der Waals surface area (Å²) in [5.41, 5.74) is 7.61. The third kappa shape index (κ3) is 5.80. The van der Waals surface area contributed by atoms with E-state index < -0.39 is 0 Å². The van der Waals surface area contributed by atoms with Gasteiger partial charge in [-0.2, -0.15) is 11.8 Å². The number of halogens is 1. The predicted octanol–water partition coefficient (Wildman–Crippen LogP) is 3.52. The number of benzene rings is 1. The zero-order valence-corrected chi connectivity index (χ0v) is 15.3. The first-order valence-electron chi connectivity index (χ1n) is 7.32. The molecule has 2 aromatic rings. The standard InChI is InChI=1S/C16H20ClN3OS2/c1-22-8-6-13(18)16-20-14(10-23-16)15(21)19-7-5-11-3-2-4-12(17)9-11/h2-4,9-10,13H,5-8,18H2,1H3,(H,19,21). The van der Waals surface area contributed by atoms with Gasteiger partial charge in [-0.15, -0.1) is 11.3 Å². The largest absolute Gasteiger partial charge is 0.350 e. The molecule has 0 aliphatic carbocycles. The molecule has 23 heavy (non-hydrogen) atoms. The van der Waals surface area contributed by atoms with Crippen molar-refractivity contribution in [1.29, 1.82) is 0 Å². The second kappa shape index (κ2) is 9.27. The number of thiazole rings is 1. The average Bonchev–Trinajstić information content (AvgIpc) is 3.03. The van der Waals surface area contributed by atoms with Crippen LogP contribution in [0.2, 0.25) is 5.02 Å². The van der Waals surface area contributed by atoms with Gasteiger partial charge in [-0.1, -0.05) is 23.7 Å². The third-order valence-corrected chi connectivity index (χ3v) is 5.15. The Kier molecular flexibility index (Phi) is 7.36. The van der Waals surface area contributed by atoms with Gasteiger partial charge in [0, 0.05) is 16.9 Å². The van der Waals surface area contributed by atoms with Crippen molar-refractivity contribution in [2.75, 3.05) is 18.6 Å². The Hall–Kier alpha value is -1.08. The number of aromatic nitrogens is 1. The maximum absolute atomic E-state index is 12.1. The van der Waals surface area contributed by atoms with Crippen molar-refractivity contribution in [1.82, 2.24) is 10.3 Å². The molecule has 3 N–H and O–H groups in total. The Balaban J connectivity index is 1.83. The Morgan fingerprint density at radius 1 is 1.52 bits per heavy atom. The van der Waals surface area contributed by atoms with Gasteiger partial charge in [-0.3, -0.25) is 4.79 Å². The molecule has 0 radical (unpaired) electrons. The van der Waals surface area contributed by atoms with E-state index in [2.05, 4.69) is 10.3 Å². The topological polar surface area (TPSA) is 68.0 Å². The van der Waals surface area contributed by atoms with Gasteiger partial charge in [0.15, 0.2) is 0 Å². The van der Waals surface area contributed by atoms with Crippen LogP contribution >= 0.6 is 34.7 Å². The highest BCUT2D eigenvalue weighted by Gasteiger charge is 2.14. The third-order valence-electron chi connectivity index (χ3n) is 3.29. The number of thioether (sulfide) groups is 1. The minimum atomic E-state index is -0.161. The monoisotopic (exact) mass is 369 g/mol. The molecule has 1 unspecified atom stereocenters. The van der Waals surface area contributed by atoms with Gasteiger partial charge >= 0.3 is 0 Å². The molecular formula is C16H20ClN3OS2. The van der Waals surface area contributed by atoms with Crippen LogP contribution in [0.3, 0.4) is 0 Å². The number of rotatable bonds is 8. The molecular weight excluding hydrogens is 350 g/mol. The van der Waals surface area contributed by atoms with Crippen LogP contribution < -0.4 is 11.1 Å². The van der Waals surface area contributed by atoms with E-state index in [-0.39, 0.29) is 11.9 Å². The van der Waals surface area contributed by atoms with Gasteiger partial charge in [0.25, 0.3) is 5.91 Å². The first-order chi connectivity index (χ1) is 11.1. The zero-order chi connectivity index (χ0) is 16.7. The normalized spacial score (nSPS) is 12.1. The molecule has 0 saturated heterocycles. The maximum atomic E-state index is 12.1. The first kappa shape index (κ1) is 18.3. The van der Waals surface area contributed by atoms with Crippen molar-refractivity contribution in [2.24, 2.45) is 5.73 Å². The Morgan fingerprint density at radius 2 is 2.35 bits per heavy atom. The molecule has 1 atom stereocenters. The number of hydrogen-bond acceptors (Lipinski definition) is 5. The van der Waals surface area contributed by atoms with E-state index in [9.17, 15) is 4.79 Å². The van der Waals surface area contributed by atoms with E-state index in [4.69, 9.17) is 17.3 Å². The number of nitrogens with one attached hydrogen (secondary N) is 1. The van der Waals surface area contributed by atoms with E-state index in [0.29, 0.717) is 17.3 Å². The van der Waals surface area contributed by atoms with E-state index in [1.807, 2.05) is 30.5 Å². The molecule has 124 valence electrons. The molecule has 1 amide bonds. The number of nitrogens with zero attached hydrogens (tertiary/aromatic N) is 1. The molecule has 7 heteroatoms. The molecule has 2 rings (SSSR count). The maximum Gasteiger partial charge on any atom is 0.270 e. The quantitative estimate of drug-likeness (QED) is 0.747. The number of carbonyl (C=O) groups excluding carboxylic acids is 1. The summed E-state index contributed by atoms with van der Waals surface area (Å²) in [6, 6.07) is 7.53. The predicted molar refractivity (Wildman–Crippen MR) is 99.5 cm³/mol. The van der Waals surface area contributed by atoms with Crippen molar-refractivity contribution >= 4 is 40.6 Å². The molecule has 1 aromatic heterocycles. The molecule has 4 nitrogen and oxygen atoms in total. The van der Waals surface area contributed by atoms with Crippen LogP contribution in [0.4, 0.5) is 0 Å². The summed E-state index contributed by atoms with van der Waals surface area (Å²) >= 11 is 9.14. The number of hydrogen-bond donors (Lipinski definition) is 2. The first-order valence-corrected chi connectivity index (χ1v) is 9.98. The second-order valence-corrected chi connectivity index (χ2v) is 7.41. The van der Waals surface area contributed by atoms with Crippen molar-refractivity contribution in [3.63, 3.8) is 0 Å². The van der Waals surface area contributed by atoms with Crippen molar-refractivity contribution < 1.29 is 4.79 Å². The van der Waals surface area contributed by atoms with Crippen LogP contribution in [0.15, 0.2) is 29.6 Å². The lowest BCUT2D eigenvalue weighted by atomic mass is 10.1. The highest BCUT2D eigenvalue weighted by molar-refractivity contribution is 7.98. The van der Waals surface area contributed by atoms with Crippen molar-refractivity contribution in [3.05, 3.63) is 50.9 Å².